The van der Waals surface area contributed by atoms with Gasteiger partial charge in [0.15, 0.2) is 0 Å². The minimum atomic E-state index is -0.240. The van der Waals surface area contributed by atoms with Crippen LogP contribution in [-0.2, 0) is 6.54 Å². The lowest BCUT2D eigenvalue weighted by Crippen LogP contribution is -2.21. The monoisotopic (exact) mass is 267 g/mol. The summed E-state index contributed by atoms with van der Waals surface area (Å²) in [7, 11) is 1.98. The first-order chi connectivity index (χ1) is 8.67. The van der Waals surface area contributed by atoms with E-state index < -0.39 is 0 Å². The lowest BCUT2D eigenvalue weighted by molar-refractivity contribution is 0.342. The van der Waals surface area contributed by atoms with Crippen molar-refractivity contribution in [2.45, 2.75) is 6.54 Å². The zero-order valence-electron chi connectivity index (χ0n) is 10.7. The van der Waals surface area contributed by atoms with Crippen molar-refractivity contribution >= 4 is 11.8 Å². The highest BCUT2D eigenvalue weighted by Crippen LogP contribution is 2.12. The van der Waals surface area contributed by atoms with E-state index in [1.807, 2.05) is 7.05 Å². The van der Waals surface area contributed by atoms with E-state index in [0.29, 0.717) is 17.7 Å². The number of halogens is 1. The van der Waals surface area contributed by atoms with E-state index in [2.05, 4.69) is 23.0 Å². The highest BCUT2D eigenvalue weighted by molar-refractivity contribution is 7.98. The van der Waals surface area contributed by atoms with E-state index in [1.165, 1.54) is 6.07 Å². The fraction of sp³-hybridized carbons (Fsp3) is 0.429. The fourth-order valence-corrected chi connectivity index (χ4v) is 2.01. The van der Waals surface area contributed by atoms with Crippen LogP contribution in [-0.4, -0.2) is 42.2 Å². The number of nitrogens with zero attached hydrogens (tertiary/aromatic N) is 1. The maximum atomic E-state index is 13.8. The van der Waals surface area contributed by atoms with Gasteiger partial charge in [0.05, 0.1) is 0 Å². The van der Waals surface area contributed by atoms with Crippen molar-refractivity contribution in [1.29, 1.82) is 0 Å². The predicted octanol–water partition coefficient (Wildman–Crippen LogP) is 1.96. The molecule has 0 radical (unpaired) electrons. The lowest BCUT2D eigenvalue weighted by atomic mass is 10.1. The number of aliphatic hydroxyl groups excluding tert-OH is 1. The highest BCUT2D eigenvalue weighted by atomic mass is 32.2. The summed E-state index contributed by atoms with van der Waals surface area (Å²) >= 11 is 1.78. The van der Waals surface area contributed by atoms with Crippen LogP contribution in [0.15, 0.2) is 18.2 Å². The minimum Gasteiger partial charge on any atom is -0.384 e. The van der Waals surface area contributed by atoms with E-state index in [1.54, 1.807) is 23.9 Å². The van der Waals surface area contributed by atoms with Crippen molar-refractivity contribution in [2.24, 2.45) is 0 Å². The summed E-state index contributed by atoms with van der Waals surface area (Å²) in [5.41, 5.74) is 1.27. The number of aliphatic hydroxyl groups is 1. The molecule has 0 fully saturated rings. The van der Waals surface area contributed by atoms with Crippen molar-refractivity contribution < 1.29 is 9.50 Å². The molecule has 1 N–H and O–H groups in total. The van der Waals surface area contributed by atoms with Gasteiger partial charge in [-0.15, -0.1) is 0 Å². The standard InChI is InChI=1S/C14H18FNOS/c1-16(7-9-18-2)11-13-6-5-12(4-3-8-17)10-14(13)15/h5-6,10,17H,7-9,11H2,1-2H3. The summed E-state index contributed by atoms with van der Waals surface area (Å²) in [4.78, 5) is 2.09. The molecule has 0 unspecified atom stereocenters. The number of hydrogen-bond donors (Lipinski definition) is 1. The molecule has 1 aromatic carbocycles. The van der Waals surface area contributed by atoms with E-state index >= 15 is 0 Å². The zero-order chi connectivity index (χ0) is 13.4. The Morgan fingerprint density at radius 2 is 2.22 bits per heavy atom. The molecule has 0 heterocycles. The van der Waals surface area contributed by atoms with Crippen LogP contribution in [0.25, 0.3) is 0 Å². The maximum Gasteiger partial charge on any atom is 0.128 e. The van der Waals surface area contributed by atoms with Gasteiger partial charge < -0.3 is 10.0 Å². The number of hydrogen-bond acceptors (Lipinski definition) is 3. The average molecular weight is 267 g/mol. The van der Waals surface area contributed by atoms with Gasteiger partial charge in [0.2, 0.25) is 0 Å². The first-order valence-corrected chi connectivity index (χ1v) is 7.12. The molecule has 4 heteroatoms. The first-order valence-electron chi connectivity index (χ1n) is 5.73. The lowest BCUT2D eigenvalue weighted by Gasteiger charge is -2.16. The van der Waals surface area contributed by atoms with Crippen LogP contribution in [0.2, 0.25) is 0 Å². The third kappa shape index (κ3) is 5.09. The van der Waals surface area contributed by atoms with Crippen LogP contribution in [0.5, 0.6) is 0 Å². The summed E-state index contributed by atoms with van der Waals surface area (Å²) in [6.45, 7) is 1.33. The predicted molar refractivity (Wildman–Crippen MR) is 75.1 cm³/mol. The molecule has 2 nitrogen and oxygen atoms in total. The van der Waals surface area contributed by atoms with Gasteiger partial charge >= 0.3 is 0 Å². The van der Waals surface area contributed by atoms with Crippen molar-refractivity contribution in [3.8, 4) is 11.8 Å². The van der Waals surface area contributed by atoms with Gasteiger partial charge in [-0.3, -0.25) is 0 Å². The quantitative estimate of drug-likeness (QED) is 0.825. The SMILES string of the molecule is CSCCN(C)Cc1ccc(C#CCO)cc1F. The molecule has 0 aliphatic carbocycles. The topological polar surface area (TPSA) is 23.5 Å². The van der Waals surface area contributed by atoms with E-state index in [0.717, 1.165) is 12.3 Å². The summed E-state index contributed by atoms with van der Waals surface area (Å²) in [6, 6.07) is 4.95. The molecule has 18 heavy (non-hydrogen) atoms. The smallest absolute Gasteiger partial charge is 0.128 e. The Morgan fingerprint density at radius 1 is 1.44 bits per heavy atom. The van der Waals surface area contributed by atoms with Gasteiger partial charge in [-0.25, -0.2) is 4.39 Å². The highest BCUT2D eigenvalue weighted by Gasteiger charge is 2.06. The number of benzene rings is 1. The van der Waals surface area contributed by atoms with Gasteiger partial charge in [-0.05, 0) is 25.4 Å². The van der Waals surface area contributed by atoms with Crippen LogP contribution in [0.3, 0.4) is 0 Å². The molecular weight excluding hydrogens is 249 g/mol. The molecule has 0 amide bonds. The summed E-state index contributed by atoms with van der Waals surface area (Å²) in [6.07, 6.45) is 2.06. The van der Waals surface area contributed by atoms with Gasteiger partial charge in [0.1, 0.15) is 12.4 Å². The molecule has 0 saturated carbocycles. The minimum absolute atomic E-state index is 0.208. The molecule has 1 aromatic rings. The van der Waals surface area contributed by atoms with Gasteiger partial charge in [0, 0.05) is 30.0 Å². The van der Waals surface area contributed by atoms with Crippen LogP contribution >= 0.6 is 11.8 Å². The third-order valence-corrected chi connectivity index (χ3v) is 3.07. The van der Waals surface area contributed by atoms with E-state index in [4.69, 9.17) is 5.11 Å². The zero-order valence-corrected chi connectivity index (χ0v) is 11.6. The van der Waals surface area contributed by atoms with Gasteiger partial charge in [-0.2, -0.15) is 11.8 Å². The van der Waals surface area contributed by atoms with Gasteiger partial charge in [-0.1, -0.05) is 17.9 Å². The third-order valence-electron chi connectivity index (χ3n) is 2.48. The Bertz CT molecular complexity index is 439. The van der Waals surface area contributed by atoms with E-state index in [-0.39, 0.29) is 12.4 Å². The second-order valence-corrected chi connectivity index (χ2v) is 4.98. The van der Waals surface area contributed by atoms with Crippen LogP contribution < -0.4 is 0 Å². The molecule has 0 aliphatic rings. The number of thioether (sulfide) groups is 1. The molecule has 0 bridgehead atoms. The largest absolute Gasteiger partial charge is 0.384 e. The van der Waals surface area contributed by atoms with Crippen LogP contribution in [0.1, 0.15) is 11.1 Å². The van der Waals surface area contributed by atoms with Gasteiger partial charge in [0.25, 0.3) is 0 Å². The van der Waals surface area contributed by atoms with Crippen molar-refractivity contribution in [2.75, 3.05) is 32.2 Å². The molecule has 1 rings (SSSR count). The Balaban J connectivity index is 2.67. The second-order valence-electron chi connectivity index (χ2n) is 4.00. The average Bonchev–Trinajstić information content (AvgIpc) is 2.36. The summed E-state index contributed by atoms with van der Waals surface area (Å²) in [5.74, 6) is 6.00. The maximum absolute atomic E-state index is 13.8. The van der Waals surface area contributed by atoms with Crippen LogP contribution in [0, 0.1) is 17.7 Å². The second kappa shape index (κ2) is 8.15. The molecule has 0 aliphatic heterocycles. The van der Waals surface area contributed by atoms with Crippen LogP contribution in [0.4, 0.5) is 4.39 Å². The molecule has 0 atom stereocenters. The molecule has 98 valence electrons. The van der Waals surface area contributed by atoms with Crippen molar-refractivity contribution in [3.63, 3.8) is 0 Å². The Kier molecular flexibility index (Phi) is 6.81. The summed E-state index contributed by atoms with van der Waals surface area (Å²) < 4.78 is 13.8. The molecule has 0 aromatic heterocycles. The molecule has 0 saturated heterocycles. The Morgan fingerprint density at radius 3 is 2.83 bits per heavy atom. The fourth-order valence-electron chi connectivity index (χ4n) is 1.51. The first kappa shape index (κ1) is 15.0. The van der Waals surface area contributed by atoms with E-state index in [9.17, 15) is 4.39 Å². The molecule has 0 spiro atoms. The summed E-state index contributed by atoms with van der Waals surface area (Å²) in [5, 5.41) is 8.58. The van der Waals surface area contributed by atoms with Crippen molar-refractivity contribution in [3.05, 3.63) is 35.1 Å². The Hall–Kier alpha value is -1.02. The normalized spacial score (nSPS) is 10.3. The number of rotatable bonds is 5. The van der Waals surface area contributed by atoms with Crippen molar-refractivity contribution in [1.82, 2.24) is 4.90 Å². The Labute approximate surface area is 112 Å². The molecular formula is C14H18FNOS.